The SMILES string of the molecule is CCCCCC/C=C\CCCCCCCC(=O)OC[C@H](COC(=O)CCCCCCCCCCCCCC)OC(=O)CCCCCCCCCCCCCCCCCCCCCCC. The van der Waals surface area contributed by atoms with Crippen molar-refractivity contribution >= 4 is 17.9 Å². The van der Waals surface area contributed by atoms with E-state index in [1.807, 2.05) is 0 Å². The molecule has 6 heteroatoms. The molecule has 0 bridgehead atoms. The van der Waals surface area contributed by atoms with Gasteiger partial charge in [-0.05, 0) is 44.9 Å². The van der Waals surface area contributed by atoms with Gasteiger partial charge in [-0.1, -0.05) is 270 Å². The molecule has 0 aromatic heterocycles. The second kappa shape index (κ2) is 53.8. The summed E-state index contributed by atoms with van der Waals surface area (Å²) in [6.07, 6.45) is 60.6. The predicted molar refractivity (Wildman–Crippen MR) is 275 cm³/mol. The molecule has 64 heavy (non-hydrogen) atoms. The molecule has 0 spiro atoms. The van der Waals surface area contributed by atoms with Gasteiger partial charge >= 0.3 is 17.9 Å². The third kappa shape index (κ3) is 51.1. The molecule has 0 N–H and O–H groups in total. The Hall–Kier alpha value is -1.85. The van der Waals surface area contributed by atoms with Gasteiger partial charge in [0.05, 0.1) is 0 Å². The summed E-state index contributed by atoms with van der Waals surface area (Å²) in [6.45, 7) is 6.67. The van der Waals surface area contributed by atoms with Gasteiger partial charge in [-0.15, -0.1) is 0 Å². The molecule has 0 aromatic rings. The number of unbranched alkanes of at least 4 members (excludes halogenated alkanes) is 40. The smallest absolute Gasteiger partial charge is 0.306 e. The van der Waals surface area contributed by atoms with Gasteiger partial charge in [0.2, 0.25) is 0 Å². The van der Waals surface area contributed by atoms with Crippen LogP contribution < -0.4 is 0 Å². The average Bonchev–Trinajstić information content (AvgIpc) is 3.29. The molecule has 0 aliphatic heterocycles. The van der Waals surface area contributed by atoms with Crippen LogP contribution in [0.1, 0.15) is 323 Å². The Morgan fingerprint density at radius 3 is 0.797 bits per heavy atom. The zero-order valence-electron chi connectivity index (χ0n) is 43.3. The van der Waals surface area contributed by atoms with Crippen molar-refractivity contribution in [1.29, 1.82) is 0 Å². The second-order valence-electron chi connectivity index (χ2n) is 19.6. The van der Waals surface area contributed by atoms with Crippen LogP contribution in [0.15, 0.2) is 12.2 Å². The summed E-state index contributed by atoms with van der Waals surface area (Å²) >= 11 is 0. The molecule has 0 radical (unpaired) electrons. The number of ether oxygens (including phenoxy) is 3. The quantitative estimate of drug-likeness (QED) is 0.0262. The highest BCUT2D eigenvalue weighted by molar-refractivity contribution is 5.71. The molecule has 0 saturated heterocycles. The molecule has 378 valence electrons. The van der Waals surface area contributed by atoms with E-state index in [4.69, 9.17) is 14.2 Å². The Balaban J connectivity index is 4.25. The maximum absolute atomic E-state index is 12.8. The standard InChI is InChI=1S/C58H110O6/c1-4-7-10-13-16-19-22-25-26-27-28-29-30-31-32-34-37-40-43-46-49-52-58(61)64-55(53-62-56(59)50-47-44-41-38-35-24-21-18-15-12-9-6-3)54-63-57(60)51-48-45-42-39-36-33-23-20-17-14-11-8-5-2/h20,23,55H,4-19,21-22,24-54H2,1-3H3/b23-20-/t55-/m0/s1. The van der Waals surface area contributed by atoms with Crippen LogP contribution in [0, 0.1) is 0 Å². The van der Waals surface area contributed by atoms with Crippen LogP contribution in [-0.4, -0.2) is 37.2 Å². The van der Waals surface area contributed by atoms with Gasteiger partial charge in [0.15, 0.2) is 6.10 Å². The van der Waals surface area contributed by atoms with Crippen molar-refractivity contribution in [3.05, 3.63) is 12.2 Å². The zero-order valence-corrected chi connectivity index (χ0v) is 43.3. The minimum atomic E-state index is -0.767. The summed E-state index contributed by atoms with van der Waals surface area (Å²) in [6, 6.07) is 0. The number of rotatable bonds is 53. The first-order valence-corrected chi connectivity index (χ1v) is 28.7. The molecule has 0 aliphatic rings. The van der Waals surface area contributed by atoms with E-state index in [0.29, 0.717) is 19.3 Å². The van der Waals surface area contributed by atoms with Crippen LogP contribution >= 0.6 is 0 Å². The molecule has 0 unspecified atom stereocenters. The Kier molecular flexibility index (Phi) is 52.2. The van der Waals surface area contributed by atoms with E-state index < -0.39 is 6.10 Å². The highest BCUT2D eigenvalue weighted by atomic mass is 16.6. The molecular weight excluding hydrogens is 793 g/mol. The normalized spacial score (nSPS) is 12.0. The minimum absolute atomic E-state index is 0.0669. The Morgan fingerprint density at radius 2 is 0.516 bits per heavy atom. The molecule has 0 aromatic carbocycles. The van der Waals surface area contributed by atoms with Gasteiger partial charge in [0.25, 0.3) is 0 Å². The van der Waals surface area contributed by atoms with Gasteiger partial charge in [-0.2, -0.15) is 0 Å². The van der Waals surface area contributed by atoms with Crippen molar-refractivity contribution in [2.24, 2.45) is 0 Å². The Labute approximate surface area is 399 Å². The first-order valence-electron chi connectivity index (χ1n) is 28.7. The lowest BCUT2D eigenvalue weighted by Gasteiger charge is -2.18. The predicted octanol–water partition coefficient (Wildman–Crippen LogP) is 18.9. The molecule has 0 rings (SSSR count). The number of carbonyl (C=O) groups excluding carboxylic acids is 3. The van der Waals surface area contributed by atoms with Crippen molar-refractivity contribution in [1.82, 2.24) is 0 Å². The van der Waals surface area contributed by atoms with E-state index in [0.717, 1.165) is 64.2 Å². The Morgan fingerprint density at radius 1 is 0.297 bits per heavy atom. The summed E-state index contributed by atoms with van der Waals surface area (Å²) in [5.74, 6) is -0.854. The van der Waals surface area contributed by atoms with Crippen molar-refractivity contribution < 1.29 is 28.6 Å². The number of allylic oxidation sites excluding steroid dienone is 2. The third-order valence-electron chi connectivity index (χ3n) is 13.0. The van der Waals surface area contributed by atoms with Crippen LogP contribution in [0.2, 0.25) is 0 Å². The first-order chi connectivity index (χ1) is 31.5. The fourth-order valence-corrected chi connectivity index (χ4v) is 8.68. The molecule has 0 amide bonds. The lowest BCUT2D eigenvalue weighted by molar-refractivity contribution is -0.167. The summed E-state index contributed by atoms with van der Waals surface area (Å²) < 4.78 is 16.8. The van der Waals surface area contributed by atoms with Crippen LogP contribution in [0.5, 0.6) is 0 Å². The van der Waals surface area contributed by atoms with Crippen LogP contribution in [0.25, 0.3) is 0 Å². The number of esters is 3. The highest BCUT2D eigenvalue weighted by Crippen LogP contribution is 2.17. The largest absolute Gasteiger partial charge is 0.462 e. The van der Waals surface area contributed by atoms with Gasteiger partial charge in [0.1, 0.15) is 13.2 Å². The Bertz CT molecular complexity index is 993. The summed E-state index contributed by atoms with van der Waals surface area (Å²) in [4.78, 5) is 38.1. The zero-order chi connectivity index (χ0) is 46.5. The lowest BCUT2D eigenvalue weighted by Crippen LogP contribution is -2.30. The molecular formula is C58H110O6. The number of carbonyl (C=O) groups is 3. The van der Waals surface area contributed by atoms with Crippen molar-refractivity contribution in [3.8, 4) is 0 Å². The van der Waals surface area contributed by atoms with Crippen molar-refractivity contribution in [2.45, 2.75) is 329 Å². The van der Waals surface area contributed by atoms with E-state index in [9.17, 15) is 14.4 Å². The maximum atomic E-state index is 12.8. The average molecular weight is 904 g/mol. The molecule has 6 nitrogen and oxygen atoms in total. The molecule has 0 heterocycles. The van der Waals surface area contributed by atoms with Crippen molar-refractivity contribution in [3.63, 3.8) is 0 Å². The molecule has 1 atom stereocenters. The monoisotopic (exact) mass is 903 g/mol. The van der Waals surface area contributed by atoms with Crippen LogP contribution in [0.4, 0.5) is 0 Å². The fourth-order valence-electron chi connectivity index (χ4n) is 8.68. The van der Waals surface area contributed by atoms with Gasteiger partial charge in [0, 0.05) is 19.3 Å². The van der Waals surface area contributed by atoms with Gasteiger partial charge in [-0.25, -0.2) is 0 Å². The van der Waals surface area contributed by atoms with E-state index in [-0.39, 0.29) is 31.1 Å². The van der Waals surface area contributed by atoms with E-state index in [2.05, 4.69) is 32.9 Å². The summed E-state index contributed by atoms with van der Waals surface area (Å²) in [7, 11) is 0. The molecule has 0 fully saturated rings. The van der Waals surface area contributed by atoms with Gasteiger partial charge in [-0.3, -0.25) is 14.4 Å². The maximum Gasteiger partial charge on any atom is 0.306 e. The second-order valence-corrected chi connectivity index (χ2v) is 19.6. The minimum Gasteiger partial charge on any atom is -0.462 e. The lowest BCUT2D eigenvalue weighted by atomic mass is 10.0. The van der Waals surface area contributed by atoms with Crippen LogP contribution in [0.3, 0.4) is 0 Å². The van der Waals surface area contributed by atoms with Crippen LogP contribution in [-0.2, 0) is 28.6 Å². The van der Waals surface area contributed by atoms with E-state index in [1.54, 1.807) is 0 Å². The molecule has 0 aliphatic carbocycles. The third-order valence-corrected chi connectivity index (χ3v) is 13.0. The van der Waals surface area contributed by atoms with E-state index >= 15 is 0 Å². The fraction of sp³-hybridized carbons (Fsp3) is 0.914. The van der Waals surface area contributed by atoms with E-state index in [1.165, 1.54) is 218 Å². The number of hydrogen-bond acceptors (Lipinski definition) is 6. The first kappa shape index (κ1) is 62.1. The van der Waals surface area contributed by atoms with Gasteiger partial charge < -0.3 is 14.2 Å². The number of hydrogen-bond donors (Lipinski definition) is 0. The van der Waals surface area contributed by atoms with Crippen molar-refractivity contribution in [2.75, 3.05) is 13.2 Å². The summed E-state index contributed by atoms with van der Waals surface area (Å²) in [5.41, 5.74) is 0. The topological polar surface area (TPSA) is 78.9 Å². The highest BCUT2D eigenvalue weighted by Gasteiger charge is 2.19. The summed E-state index contributed by atoms with van der Waals surface area (Å²) in [5, 5.41) is 0. The molecule has 0 saturated carbocycles.